The molecule has 3 aromatic heterocycles. The third kappa shape index (κ3) is 4.90. The standard InChI is InChI=1S/C28H26ClFN6O/c1-16(21-13-20(7-8-23(21)30)36-11-5-10-33-36)35-26-22-12-18(6-9-24(22)34-17(2)25(26)29)19-14-31-27(32-15-19)28(3,4)37/h5-16,37H,1-4H3,(H,34,35). The molecule has 0 amide bonds. The van der Waals surface area contributed by atoms with Crippen LogP contribution in [0.4, 0.5) is 10.1 Å². The Kier molecular flexibility index (Phi) is 6.39. The summed E-state index contributed by atoms with van der Waals surface area (Å²) < 4.78 is 16.6. The molecular weight excluding hydrogens is 491 g/mol. The molecule has 0 aliphatic carbocycles. The van der Waals surface area contributed by atoms with Crippen LogP contribution in [0.5, 0.6) is 0 Å². The van der Waals surface area contributed by atoms with Gasteiger partial charge in [-0.3, -0.25) is 4.98 Å². The second-order valence-corrected chi connectivity index (χ2v) is 9.87. The Bertz CT molecular complexity index is 1580. The summed E-state index contributed by atoms with van der Waals surface area (Å²) in [4.78, 5) is 13.3. The van der Waals surface area contributed by atoms with Crippen LogP contribution in [0.15, 0.2) is 67.3 Å². The first-order valence-electron chi connectivity index (χ1n) is 11.8. The molecule has 0 bridgehead atoms. The molecule has 3 heterocycles. The van der Waals surface area contributed by atoms with Crippen molar-refractivity contribution in [1.82, 2.24) is 24.7 Å². The zero-order valence-corrected chi connectivity index (χ0v) is 21.6. The molecule has 5 rings (SSSR count). The fourth-order valence-corrected chi connectivity index (χ4v) is 4.40. The van der Waals surface area contributed by atoms with E-state index in [9.17, 15) is 9.50 Å². The van der Waals surface area contributed by atoms with E-state index >= 15 is 0 Å². The van der Waals surface area contributed by atoms with Crippen LogP contribution in [-0.2, 0) is 5.60 Å². The van der Waals surface area contributed by atoms with E-state index in [-0.39, 0.29) is 5.82 Å². The minimum absolute atomic E-state index is 0.327. The van der Waals surface area contributed by atoms with Gasteiger partial charge >= 0.3 is 0 Å². The Morgan fingerprint density at radius 3 is 2.51 bits per heavy atom. The normalized spacial score (nSPS) is 12.6. The average molecular weight is 517 g/mol. The van der Waals surface area contributed by atoms with Crippen molar-refractivity contribution in [3.05, 3.63) is 95.2 Å². The number of benzene rings is 2. The van der Waals surface area contributed by atoms with Gasteiger partial charge in [0.2, 0.25) is 0 Å². The van der Waals surface area contributed by atoms with Gasteiger partial charge in [0.15, 0.2) is 5.82 Å². The Morgan fingerprint density at radius 1 is 1.08 bits per heavy atom. The zero-order chi connectivity index (χ0) is 26.3. The number of nitrogens with one attached hydrogen (secondary N) is 1. The molecule has 9 heteroatoms. The van der Waals surface area contributed by atoms with E-state index in [0.29, 0.717) is 27.8 Å². The van der Waals surface area contributed by atoms with Crippen LogP contribution >= 0.6 is 11.6 Å². The van der Waals surface area contributed by atoms with E-state index < -0.39 is 11.6 Å². The predicted molar refractivity (Wildman–Crippen MR) is 143 cm³/mol. The van der Waals surface area contributed by atoms with Crippen molar-refractivity contribution in [2.24, 2.45) is 0 Å². The van der Waals surface area contributed by atoms with Crippen molar-refractivity contribution >= 4 is 28.2 Å². The Morgan fingerprint density at radius 2 is 1.84 bits per heavy atom. The number of nitrogens with zero attached hydrogens (tertiary/aromatic N) is 5. The highest BCUT2D eigenvalue weighted by Gasteiger charge is 2.20. The SMILES string of the molecule is Cc1nc2ccc(-c3cnc(C(C)(C)O)nc3)cc2c(NC(C)c2cc(-n3cccn3)ccc2F)c1Cl. The van der Waals surface area contributed by atoms with Crippen LogP contribution in [0, 0.1) is 12.7 Å². The molecule has 1 atom stereocenters. The maximum Gasteiger partial charge on any atom is 0.159 e. The number of aryl methyl sites for hydroxylation is 1. The van der Waals surface area contributed by atoms with E-state index in [1.54, 1.807) is 49.3 Å². The van der Waals surface area contributed by atoms with E-state index in [0.717, 1.165) is 27.7 Å². The van der Waals surface area contributed by atoms with Crippen molar-refractivity contribution in [1.29, 1.82) is 0 Å². The molecule has 0 fully saturated rings. The lowest BCUT2D eigenvalue weighted by atomic mass is 10.0. The Hall–Kier alpha value is -3.88. The minimum Gasteiger partial charge on any atom is -0.382 e. The number of aromatic nitrogens is 5. The zero-order valence-electron chi connectivity index (χ0n) is 20.9. The summed E-state index contributed by atoms with van der Waals surface area (Å²) in [6.07, 6.45) is 6.84. The van der Waals surface area contributed by atoms with Crippen LogP contribution in [0.25, 0.3) is 27.7 Å². The molecular formula is C28H26ClFN6O. The number of rotatable bonds is 6. The van der Waals surface area contributed by atoms with Crippen molar-refractivity contribution in [2.75, 3.05) is 5.32 Å². The fourth-order valence-electron chi connectivity index (χ4n) is 4.20. The molecule has 5 aromatic rings. The Labute approximate surface area is 219 Å². The van der Waals surface area contributed by atoms with Gasteiger partial charge < -0.3 is 10.4 Å². The number of anilines is 1. The van der Waals surface area contributed by atoms with E-state index in [4.69, 9.17) is 11.6 Å². The lowest BCUT2D eigenvalue weighted by molar-refractivity contribution is 0.0687. The predicted octanol–water partition coefficient (Wildman–Crippen LogP) is 6.38. The summed E-state index contributed by atoms with van der Waals surface area (Å²) in [5.41, 5.74) is 3.83. The highest BCUT2D eigenvalue weighted by atomic mass is 35.5. The van der Waals surface area contributed by atoms with Gasteiger partial charge in [-0.15, -0.1) is 0 Å². The van der Waals surface area contributed by atoms with Gasteiger partial charge in [-0.2, -0.15) is 5.10 Å². The topological polar surface area (TPSA) is 88.8 Å². The van der Waals surface area contributed by atoms with Crippen LogP contribution in [0.2, 0.25) is 5.02 Å². The first kappa shape index (κ1) is 24.8. The van der Waals surface area contributed by atoms with Gasteiger partial charge in [0.25, 0.3) is 0 Å². The van der Waals surface area contributed by atoms with Crippen LogP contribution in [-0.4, -0.2) is 29.8 Å². The number of hydrogen-bond donors (Lipinski definition) is 2. The molecule has 0 saturated heterocycles. The lowest BCUT2D eigenvalue weighted by Gasteiger charge is -2.21. The molecule has 0 radical (unpaired) electrons. The minimum atomic E-state index is -1.13. The van der Waals surface area contributed by atoms with Crippen LogP contribution < -0.4 is 5.32 Å². The quantitative estimate of drug-likeness (QED) is 0.272. The number of pyridine rings is 1. The molecule has 0 saturated carbocycles. The summed E-state index contributed by atoms with van der Waals surface area (Å²) in [5.74, 6) is 0.0137. The molecule has 0 aliphatic rings. The first-order valence-corrected chi connectivity index (χ1v) is 12.2. The van der Waals surface area contributed by atoms with Gasteiger partial charge in [0, 0.05) is 41.3 Å². The van der Waals surface area contributed by atoms with E-state index in [2.05, 4.69) is 25.4 Å². The average Bonchev–Trinajstić information content (AvgIpc) is 3.41. The molecule has 37 heavy (non-hydrogen) atoms. The molecule has 2 N–H and O–H groups in total. The smallest absolute Gasteiger partial charge is 0.159 e. The molecule has 0 aliphatic heterocycles. The highest BCUT2D eigenvalue weighted by Crippen LogP contribution is 2.37. The van der Waals surface area contributed by atoms with Gasteiger partial charge in [0.1, 0.15) is 11.4 Å². The van der Waals surface area contributed by atoms with E-state index in [1.165, 1.54) is 6.07 Å². The maximum atomic E-state index is 14.9. The number of fused-ring (bicyclic) bond motifs is 1. The highest BCUT2D eigenvalue weighted by molar-refractivity contribution is 6.35. The van der Waals surface area contributed by atoms with Gasteiger partial charge in [-0.1, -0.05) is 17.7 Å². The lowest BCUT2D eigenvalue weighted by Crippen LogP contribution is -2.19. The molecule has 7 nitrogen and oxygen atoms in total. The van der Waals surface area contributed by atoms with Gasteiger partial charge in [-0.05, 0) is 69.7 Å². The van der Waals surface area contributed by atoms with E-state index in [1.807, 2.05) is 44.3 Å². The van der Waals surface area contributed by atoms with Crippen LogP contribution in [0.1, 0.15) is 43.9 Å². The third-order valence-electron chi connectivity index (χ3n) is 6.20. The summed E-state index contributed by atoms with van der Waals surface area (Å²) in [7, 11) is 0. The summed E-state index contributed by atoms with van der Waals surface area (Å²) in [5, 5.41) is 19.1. The molecule has 2 aromatic carbocycles. The van der Waals surface area contributed by atoms with Crippen LogP contribution in [0.3, 0.4) is 0 Å². The summed E-state index contributed by atoms with van der Waals surface area (Å²) in [6, 6.07) is 12.1. The van der Waals surface area contributed by atoms with Gasteiger partial charge in [0.05, 0.1) is 33.6 Å². The van der Waals surface area contributed by atoms with Crippen molar-refractivity contribution < 1.29 is 9.50 Å². The van der Waals surface area contributed by atoms with Crippen molar-refractivity contribution in [3.8, 4) is 16.8 Å². The van der Waals surface area contributed by atoms with Crippen molar-refractivity contribution in [2.45, 2.75) is 39.3 Å². The maximum absolute atomic E-state index is 14.9. The summed E-state index contributed by atoms with van der Waals surface area (Å²) in [6.45, 7) is 7.01. The second kappa shape index (κ2) is 9.53. The second-order valence-electron chi connectivity index (χ2n) is 9.49. The first-order chi connectivity index (χ1) is 17.6. The molecule has 1 unspecified atom stereocenters. The summed E-state index contributed by atoms with van der Waals surface area (Å²) >= 11 is 6.74. The van der Waals surface area contributed by atoms with Gasteiger partial charge in [-0.25, -0.2) is 19.0 Å². The Balaban J connectivity index is 1.55. The fraction of sp³-hybridized carbons (Fsp3) is 0.214. The number of hydrogen-bond acceptors (Lipinski definition) is 6. The third-order valence-corrected chi connectivity index (χ3v) is 6.66. The molecule has 0 spiro atoms. The largest absolute Gasteiger partial charge is 0.382 e. The molecule has 188 valence electrons. The van der Waals surface area contributed by atoms with Crippen molar-refractivity contribution in [3.63, 3.8) is 0 Å². The monoisotopic (exact) mass is 516 g/mol. The number of halogens is 2. The number of aliphatic hydroxyl groups is 1.